The molecule has 1 spiro atoms. The fourth-order valence-electron chi connectivity index (χ4n) is 4.36. The molecule has 0 bridgehead atoms. The molecule has 0 radical (unpaired) electrons. The fraction of sp³-hybridized carbons (Fsp3) is 0.650. The molecule has 5 heteroatoms. The lowest BCUT2D eigenvalue weighted by atomic mass is 9.78. The zero-order valence-electron chi connectivity index (χ0n) is 14.8. The number of carbonyl (C=O) groups excluding carboxylic acids is 2. The first kappa shape index (κ1) is 16.6. The van der Waals surface area contributed by atoms with Gasteiger partial charge >= 0.3 is 0 Å². The Bertz CT molecular complexity index is 644. The SMILES string of the molecule is O=C(CCc1cccnc1)N1CCC2(CCCN(CC3CC3)C2=O)C1. The molecule has 1 aromatic rings. The number of piperidine rings is 1. The summed E-state index contributed by atoms with van der Waals surface area (Å²) in [6.07, 6.45) is 10.2. The van der Waals surface area contributed by atoms with Gasteiger partial charge in [0.2, 0.25) is 11.8 Å². The Kier molecular flexibility index (Phi) is 4.48. The van der Waals surface area contributed by atoms with E-state index in [4.69, 9.17) is 0 Å². The van der Waals surface area contributed by atoms with Crippen LogP contribution in [-0.4, -0.2) is 52.8 Å². The van der Waals surface area contributed by atoms with Gasteiger partial charge in [-0.3, -0.25) is 14.6 Å². The molecule has 1 saturated carbocycles. The molecule has 3 aliphatic rings. The van der Waals surface area contributed by atoms with E-state index in [2.05, 4.69) is 9.88 Å². The molecule has 3 heterocycles. The van der Waals surface area contributed by atoms with Gasteiger partial charge in [0.25, 0.3) is 0 Å². The Hall–Kier alpha value is -1.91. The normalized spacial score (nSPS) is 26.5. The molecule has 2 amide bonds. The van der Waals surface area contributed by atoms with Crippen LogP contribution in [0.25, 0.3) is 0 Å². The average Bonchev–Trinajstić information content (AvgIpc) is 3.35. The maximum atomic E-state index is 13.0. The molecule has 1 aliphatic carbocycles. The number of hydrogen-bond donors (Lipinski definition) is 0. The zero-order valence-corrected chi connectivity index (χ0v) is 14.8. The van der Waals surface area contributed by atoms with E-state index < -0.39 is 0 Å². The third-order valence-corrected chi connectivity index (χ3v) is 6.06. The molecule has 1 aromatic heterocycles. The number of likely N-dealkylation sites (tertiary alicyclic amines) is 2. The topological polar surface area (TPSA) is 53.5 Å². The van der Waals surface area contributed by atoms with Crippen LogP contribution in [0.15, 0.2) is 24.5 Å². The third kappa shape index (κ3) is 3.55. The van der Waals surface area contributed by atoms with Crippen LogP contribution >= 0.6 is 0 Å². The second-order valence-electron chi connectivity index (χ2n) is 8.00. The van der Waals surface area contributed by atoms with Gasteiger partial charge in [-0.1, -0.05) is 6.07 Å². The van der Waals surface area contributed by atoms with Gasteiger partial charge in [-0.2, -0.15) is 0 Å². The lowest BCUT2D eigenvalue weighted by molar-refractivity contribution is -0.146. The third-order valence-electron chi connectivity index (χ3n) is 6.06. The van der Waals surface area contributed by atoms with Gasteiger partial charge in [-0.25, -0.2) is 0 Å². The van der Waals surface area contributed by atoms with Crippen molar-refractivity contribution in [2.75, 3.05) is 26.2 Å². The predicted molar refractivity (Wildman–Crippen MR) is 94.7 cm³/mol. The first-order chi connectivity index (χ1) is 12.2. The van der Waals surface area contributed by atoms with E-state index >= 15 is 0 Å². The molecule has 25 heavy (non-hydrogen) atoms. The molecular formula is C20H27N3O2. The fourth-order valence-corrected chi connectivity index (χ4v) is 4.36. The number of amides is 2. The summed E-state index contributed by atoms with van der Waals surface area (Å²) >= 11 is 0. The van der Waals surface area contributed by atoms with Crippen LogP contribution in [0.4, 0.5) is 0 Å². The van der Waals surface area contributed by atoms with E-state index in [0.29, 0.717) is 18.9 Å². The predicted octanol–water partition coefficient (Wildman–Crippen LogP) is 2.27. The Balaban J connectivity index is 1.34. The molecule has 134 valence electrons. The molecule has 4 rings (SSSR count). The summed E-state index contributed by atoms with van der Waals surface area (Å²) in [5.74, 6) is 1.22. The number of carbonyl (C=O) groups is 2. The summed E-state index contributed by atoms with van der Waals surface area (Å²) in [5, 5.41) is 0. The van der Waals surface area contributed by atoms with E-state index in [1.54, 1.807) is 6.20 Å². The van der Waals surface area contributed by atoms with Crippen LogP contribution in [0.1, 0.15) is 44.1 Å². The van der Waals surface area contributed by atoms with Crippen molar-refractivity contribution in [2.24, 2.45) is 11.3 Å². The average molecular weight is 341 g/mol. The Morgan fingerprint density at radius 3 is 2.92 bits per heavy atom. The summed E-state index contributed by atoms with van der Waals surface area (Å²) in [6.45, 7) is 3.20. The number of rotatable bonds is 5. The van der Waals surface area contributed by atoms with Crippen molar-refractivity contribution in [1.29, 1.82) is 0 Å². The van der Waals surface area contributed by atoms with Gasteiger partial charge in [0, 0.05) is 45.0 Å². The van der Waals surface area contributed by atoms with Crippen LogP contribution in [-0.2, 0) is 16.0 Å². The van der Waals surface area contributed by atoms with Crippen molar-refractivity contribution in [3.8, 4) is 0 Å². The molecule has 1 atom stereocenters. The van der Waals surface area contributed by atoms with Crippen LogP contribution in [0, 0.1) is 11.3 Å². The number of aromatic nitrogens is 1. The Morgan fingerprint density at radius 2 is 2.16 bits per heavy atom. The molecule has 1 unspecified atom stereocenters. The molecular weight excluding hydrogens is 314 g/mol. The minimum atomic E-state index is -0.295. The van der Waals surface area contributed by atoms with E-state index in [-0.39, 0.29) is 11.3 Å². The van der Waals surface area contributed by atoms with Gasteiger partial charge in [0.15, 0.2) is 0 Å². The zero-order chi connectivity index (χ0) is 17.3. The summed E-state index contributed by atoms with van der Waals surface area (Å²) in [4.78, 5) is 33.8. The molecule has 0 aromatic carbocycles. The lowest BCUT2D eigenvalue weighted by Gasteiger charge is -2.39. The largest absolute Gasteiger partial charge is 0.342 e. The van der Waals surface area contributed by atoms with Crippen molar-refractivity contribution >= 4 is 11.8 Å². The van der Waals surface area contributed by atoms with E-state index in [0.717, 1.165) is 56.8 Å². The highest BCUT2D eigenvalue weighted by atomic mass is 16.2. The highest BCUT2D eigenvalue weighted by molar-refractivity contribution is 5.86. The van der Waals surface area contributed by atoms with Crippen LogP contribution in [0.2, 0.25) is 0 Å². The minimum absolute atomic E-state index is 0.174. The van der Waals surface area contributed by atoms with Gasteiger partial charge in [-0.05, 0) is 56.1 Å². The number of hydrogen-bond acceptors (Lipinski definition) is 3. The summed E-state index contributed by atoms with van der Waals surface area (Å²) < 4.78 is 0. The van der Waals surface area contributed by atoms with E-state index in [9.17, 15) is 9.59 Å². The van der Waals surface area contributed by atoms with E-state index in [1.807, 2.05) is 23.2 Å². The maximum Gasteiger partial charge on any atom is 0.230 e. The summed E-state index contributed by atoms with van der Waals surface area (Å²) in [6, 6.07) is 3.91. The standard InChI is InChI=1S/C20H27N3O2/c24-18(7-6-16-3-1-10-21-13-16)23-12-9-20(15-23)8-2-11-22(19(20)25)14-17-4-5-17/h1,3,10,13,17H,2,4-9,11-12,14-15H2. The monoisotopic (exact) mass is 341 g/mol. The van der Waals surface area contributed by atoms with Gasteiger partial charge < -0.3 is 9.80 Å². The second-order valence-corrected chi connectivity index (χ2v) is 8.00. The quantitative estimate of drug-likeness (QED) is 0.825. The molecule has 2 aliphatic heterocycles. The Labute approximate surface area is 149 Å². The van der Waals surface area contributed by atoms with Gasteiger partial charge in [-0.15, -0.1) is 0 Å². The number of aryl methyl sites for hydroxylation is 1. The molecule has 2 saturated heterocycles. The molecule has 3 fully saturated rings. The first-order valence-corrected chi connectivity index (χ1v) is 9.62. The second kappa shape index (κ2) is 6.77. The van der Waals surface area contributed by atoms with Crippen LogP contribution in [0.5, 0.6) is 0 Å². The van der Waals surface area contributed by atoms with Gasteiger partial charge in [0.05, 0.1) is 5.41 Å². The van der Waals surface area contributed by atoms with Gasteiger partial charge in [0.1, 0.15) is 0 Å². The number of pyridine rings is 1. The van der Waals surface area contributed by atoms with Crippen molar-refractivity contribution in [3.05, 3.63) is 30.1 Å². The molecule has 0 N–H and O–H groups in total. The first-order valence-electron chi connectivity index (χ1n) is 9.62. The molecule has 5 nitrogen and oxygen atoms in total. The van der Waals surface area contributed by atoms with Crippen molar-refractivity contribution in [3.63, 3.8) is 0 Å². The summed E-state index contributed by atoms with van der Waals surface area (Å²) in [7, 11) is 0. The van der Waals surface area contributed by atoms with Crippen LogP contribution in [0.3, 0.4) is 0 Å². The Morgan fingerprint density at radius 1 is 1.28 bits per heavy atom. The highest BCUT2D eigenvalue weighted by Gasteiger charge is 2.49. The van der Waals surface area contributed by atoms with Crippen molar-refractivity contribution < 1.29 is 9.59 Å². The van der Waals surface area contributed by atoms with Crippen molar-refractivity contribution in [2.45, 2.75) is 44.9 Å². The minimum Gasteiger partial charge on any atom is -0.342 e. The van der Waals surface area contributed by atoms with Crippen molar-refractivity contribution in [1.82, 2.24) is 14.8 Å². The highest BCUT2D eigenvalue weighted by Crippen LogP contribution is 2.41. The summed E-state index contributed by atoms with van der Waals surface area (Å²) in [5.41, 5.74) is 0.797. The van der Waals surface area contributed by atoms with E-state index in [1.165, 1.54) is 12.8 Å². The lowest BCUT2D eigenvalue weighted by Crippen LogP contribution is -2.50. The smallest absolute Gasteiger partial charge is 0.230 e. The van der Waals surface area contributed by atoms with Crippen LogP contribution < -0.4 is 0 Å². The maximum absolute atomic E-state index is 13.0. The number of nitrogens with zero attached hydrogens (tertiary/aromatic N) is 3.